The molecule has 1 fully saturated rings. The van der Waals surface area contributed by atoms with E-state index in [9.17, 15) is 0 Å². The van der Waals surface area contributed by atoms with Crippen LogP contribution in [0.5, 0.6) is 0 Å². The highest BCUT2D eigenvalue weighted by Crippen LogP contribution is 2.36. The Morgan fingerprint density at radius 3 is 2.00 bits per heavy atom. The zero-order valence-electron chi connectivity index (χ0n) is 15.2. The molecule has 1 saturated heterocycles. The number of benzene rings is 3. The summed E-state index contributed by atoms with van der Waals surface area (Å²) in [6, 6.07) is 23.5. The van der Waals surface area contributed by atoms with Gasteiger partial charge in [-0.2, -0.15) is 0 Å². The molecule has 0 spiro atoms. The van der Waals surface area contributed by atoms with E-state index in [2.05, 4.69) is 94.4 Å². The van der Waals surface area contributed by atoms with Crippen molar-refractivity contribution in [1.29, 1.82) is 0 Å². The Morgan fingerprint density at radius 1 is 0.640 bits per heavy atom. The van der Waals surface area contributed by atoms with Gasteiger partial charge in [0.05, 0.1) is 11.2 Å². The third-order valence-electron chi connectivity index (χ3n) is 5.49. The summed E-state index contributed by atoms with van der Waals surface area (Å²) in [4.78, 5) is 0. The molecule has 0 amide bonds. The summed E-state index contributed by atoms with van der Waals surface area (Å²) in [5.74, 6) is 0. The summed E-state index contributed by atoms with van der Waals surface area (Å²) < 4.78 is 12.4. The molecule has 2 nitrogen and oxygen atoms in total. The van der Waals surface area contributed by atoms with Crippen LogP contribution < -0.4 is 5.46 Å². The summed E-state index contributed by atoms with van der Waals surface area (Å²) in [6.45, 7) is 8.33. The van der Waals surface area contributed by atoms with Gasteiger partial charge in [-0.25, -0.2) is 0 Å². The minimum Gasteiger partial charge on any atom is -0.399 e. The van der Waals surface area contributed by atoms with Crippen LogP contribution in [0.1, 0.15) is 27.7 Å². The Kier molecular flexibility index (Phi) is 3.75. The van der Waals surface area contributed by atoms with E-state index < -0.39 is 0 Å². The van der Waals surface area contributed by atoms with Gasteiger partial charge in [0.15, 0.2) is 0 Å². The van der Waals surface area contributed by atoms with Gasteiger partial charge < -0.3 is 9.31 Å². The van der Waals surface area contributed by atoms with Gasteiger partial charge in [-0.15, -0.1) is 0 Å². The van der Waals surface area contributed by atoms with Crippen molar-refractivity contribution >= 4 is 23.4 Å². The van der Waals surface area contributed by atoms with E-state index in [0.29, 0.717) is 0 Å². The van der Waals surface area contributed by atoms with Crippen LogP contribution in [0.25, 0.3) is 21.9 Å². The average molecular weight is 330 g/mol. The van der Waals surface area contributed by atoms with E-state index >= 15 is 0 Å². The summed E-state index contributed by atoms with van der Waals surface area (Å²) >= 11 is 0. The normalized spacial score (nSPS) is 18.6. The van der Waals surface area contributed by atoms with Gasteiger partial charge in [-0.3, -0.25) is 0 Å². The lowest BCUT2D eigenvalue weighted by atomic mass is 9.78. The average Bonchev–Trinajstić information content (AvgIpc) is 2.82. The lowest BCUT2D eigenvalue weighted by Crippen LogP contribution is -2.41. The molecule has 1 heterocycles. The SMILES string of the molecule is CC1(C)OB(c2cccc(-c3ccc4ccccc4c3)c2)OC1(C)C. The topological polar surface area (TPSA) is 18.5 Å². The monoisotopic (exact) mass is 330 g/mol. The maximum atomic E-state index is 6.19. The Hall–Kier alpha value is -2.10. The van der Waals surface area contributed by atoms with Crippen molar-refractivity contribution in [2.45, 2.75) is 38.9 Å². The molecular formula is C22H23BO2. The summed E-state index contributed by atoms with van der Waals surface area (Å²) in [5.41, 5.74) is 2.80. The van der Waals surface area contributed by atoms with Gasteiger partial charge in [0.25, 0.3) is 0 Å². The van der Waals surface area contributed by atoms with Crippen LogP contribution in [0.2, 0.25) is 0 Å². The Bertz CT molecular complexity index is 914. The van der Waals surface area contributed by atoms with Crippen molar-refractivity contribution in [1.82, 2.24) is 0 Å². The van der Waals surface area contributed by atoms with Crippen LogP contribution in [0.4, 0.5) is 0 Å². The molecule has 0 atom stereocenters. The van der Waals surface area contributed by atoms with Gasteiger partial charge in [-0.1, -0.05) is 60.7 Å². The molecule has 0 unspecified atom stereocenters. The molecule has 126 valence electrons. The first-order valence-electron chi connectivity index (χ1n) is 8.81. The third kappa shape index (κ3) is 2.88. The van der Waals surface area contributed by atoms with Crippen molar-refractivity contribution in [2.24, 2.45) is 0 Å². The summed E-state index contributed by atoms with van der Waals surface area (Å²) in [6.07, 6.45) is 0. The predicted octanol–water partition coefficient (Wildman–Crippen LogP) is 4.81. The van der Waals surface area contributed by atoms with Gasteiger partial charge in [0.1, 0.15) is 0 Å². The van der Waals surface area contributed by atoms with E-state index in [-0.39, 0.29) is 18.3 Å². The smallest absolute Gasteiger partial charge is 0.399 e. The second kappa shape index (κ2) is 5.72. The molecule has 0 radical (unpaired) electrons. The molecule has 3 aromatic rings. The summed E-state index contributed by atoms with van der Waals surface area (Å²) in [7, 11) is -0.328. The molecule has 0 aliphatic carbocycles. The molecule has 1 aliphatic heterocycles. The van der Waals surface area contributed by atoms with E-state index in [1.807, 2.05) is 0 Å². The molecule has 3 heteroatoms. The lowest BCUT2D eigenvalue weighted by Gasteiger charge is -2.32. The quantitative estimate of drug-likeness (QED) is 0.628. The van der Waals surface area contributed by atoms with Crippen LogP contribution >= 0.6 is 0 Å². The van der Waals surface area contributed by atoms with Crippen molar-refractivity contribution in [2.75, 3.05) is 0 Å². The Balaban J connectivity index is 1.70. The lowest BCUT2D eigenvalue weighted by molar-refractivity contribution is 0.00578. The van der Waals surface area contributed by atoms with E-state index in [0.717, 1.165) is 5.46 Å². The molecule has 0 aromatic heterocycles. The zero-order valence-corrected chi connectivity index (χ0v) is 15.2. The Morgan fingerprint density at radius 2 is 1.28 bits per heavy atom. The molecular weight excluding hydrogens is 307 g/mol. The Labute approximate surface area is 149 Å². The molecule has 4 rings (SSSR count). The second-order valence-electron chi connectivity index (χ2n) is 7.78. The maximum absolute atomic E-state index is 6.19. The fourth-order valence-electron chi connectivity index (χ4n) is 3.21. The fourth-order valence-corrected chi connectivity index (χ4v) is 3.21. The fraction of sp³-hybridized carbons (Fsp3) is 0.273. The highest BCUT2D eigenvalue weighted by Gasteiger charge is 2.51. The minimum absolute atomic E-state index is 0.323. The van der Waals surface area contributed by atoms with E-state index in [1.54, 1.807) is 0 Å². The number of rotatable bonds is 2. The zero-order chi connectivity index (χ0) is 17.7. The number of hydrogen-bond donors (Lipinski definition) is 0. The molecule has 0 saturated carbocycles. The van der Waals surface area contributed by atoms with E-state index in [1.165, 1.54) is 21.9 Å². The molecule has 3 aromatic carbocycles. The summed E-state index contributed by atoms with van der Waals surface area (Å²) in [5, 5.41) is 2.51. The van der Waals surface area contributed by atoms with Gasteiger partial charge in [-0.05, 0) is 61.1 Å². The molecule has 25 heavy (non-hydrogen) atoms. The van der Waals surface area contributed by atoms with Crippen LogP contribution in [0.15, 0.2) is 66.7 Å². The number of hydrogen-bond acceptors (Lipinski definition) is 2. The standard InChI is InChI=1S/C22H23BO2/c1-21(2)22(3,4)25-23(24-21)20-11-7-10-18(15-20)19-13-12-16-8-5-6-9-17(16)14-19/h5-15H,1-4H3. The predicted molar refractivity (Wildman–Crippen MR) is 105 cm³/mol. The van der Waals surface area contributed by atoms with Crippen LogP contribution in [-0.4, -0.2) is 18.3 Å². The molecule has 0 bridgehead atoms. The van der Waals surface area contributed by atoms with Crippen molar-refractivity contribution in [3.05, 3.63) is 66.7 Å². The maximum Gasteiger partial charge on any atom is 0.494 e. The van der Waals surface area contributed by atoms with Crippen LogP contribution in [0.3, 0.4) is 0 Å². The van der Waals surface area contributed by atoms with Gasteiger partial charge >= 0.3 is 7.12 Å². The molecule has 0 N–H and O–H groups in total. The second-order valence-corrected chi connectivity index (χ2v) is 7.78. The van der Waals surface area contributed by atoms with Gasteiger partial charge in [0, 0.05) is 0 Å². The number of fused-ring (bicyclic) bond motifs is 1. The highest BCUT2D eigenvalue weighted by molar-refractivity contribution is 6.62. The van der Waals surface area contributed by atoms with Crippen LogP contribution in [0, 0.1) is 0 Å². The largest absolute Gasteiger partial charge is 0.494 e. The molecule has 1 aliphatic rings. The first-order chi connectivity index (χ1) is 11.9. The first kappa shape index (κ1) is 16.4. The van der Waals surface area contributed by atoms with Gasteiger partial charge in [0.2, 0.25) is 0 Å². The first-order valence-corrected chi connectivity index (χ1v) is 8.81. The van der Waals surface area contributed by atoms with Crippen molar-refractivity contribution in [3.63, 3.8) is 0 Å². The third-order valence-corrected chi connectivity index (χ3v) is 5.49. The van der Waals surface area contributed by atoms with Crippen molar-refractivity contribution < 1.29 is 9.31 Å². The minimum atomic E-state index is -0.328. The highest BCUT2D eigenvalue weighted by atomic mass is 16.7. The van der Waals surface area contributed by atoms with E-state index in [4.69, 9.17) is 9.31 Å². The van der Waals surface area contributed by atoms with Crippen molar-refractivity contribution in [3.8, 4) is 11.1 Å². The van der Waals surface area contributed by atoms with Crippen LogP contribution in [-0.2, 0) is 9.31 Å².